The van der Waals surface area contributed by atoms with E-state index in [1.807, 2.05) is 26.0 Å². The van der Waals surface area contributed by atoms with Crippen molar-refractivity contribution in [3.8, 4) is 21.7 Å². The molecular weight excluding hydrogens is 485 g/mol. The number of nitrogens with zero attached hydrogens (tertiary/aromatic N) is 2. The zero-order valence-electron chi connectivity index (χ0n) is 21.1. The third-order valence-corrected chi connectivity index (χ3v) is 12.9. The van der Waals surface area contributed by atoms with Crippen LogP contribution in [-0.4, -0.2) is 39.1 Å². The number of ether oxygens (including phenoxy) is 2. The van der Waals surface area contributed by atoms with Crippen LogP contribution in [0, 0.1) is 11.3 Å². The Morgan fingerprint density at radius 1 is 1.21 bits per heavy atom. The van der Waals surface area contributed by atoms with Crippen molar-refractivity contribution in [2.45, 2.75) is 65.3 Å². The van der Waals surface area contributed by atoms with Crippen molar-refractivity contribution in [2.75, 3.05) is 13.7 Å². The fraction of sp³-hybridized carbons (Fsp3) is 0.480. The highest BCUT2D eigenvalue weighted by molar-refractivity contribution is 7.26. The van der Waals surface area contributed by atoms with E-state index in [9.17, 15) is 10.1 Å². The number of esters is 1. The van der Waals surface area contributed by atoms with Crippen molar-refractivity contribution < 1.29 is 18.7 Å². The maximum absolute atomic E-state index is 12.5. The third-order valence-electron chi connectivity index (χ3n) is 5.97. The van der Waals surface area contributed by atoms with E-state index in [2.05, 4.69) is 39.9 Å². The van der Waals surface area contributed by atoms with Gasteiger partial charge in [0.15, 0.2) is 8.32 Å². The number of aromatic nitrogens is 1. The van der Waals surface area contributed by atoms with Gasteiger partial charge >= 0.3 is 5.97 Å². The molecule has 9 heteroatoms. The smallest absolute Gasteiger partial charge is 0.349 e. The molecule has 3 aromatic rings. The molecule has 2 heterocycles. The van der Waals surface area contributed by atoms with Gasteiger partial charge in [0.1, 0.15) is 21.7 Å². The fourth-order valence-corrected chi connectivity index (χ4v) is 6.38. The van der Waals surface area contributed by atoms with Crippen LogP contribution in [0.3, 0.4) is 0 Å². The second kappa shape index (κ2) is 10.2. The Balaban J connectivity index is 1.95. The number of carbonyl (C=O) groups is 1. The zero-order chi connectivity index (χ0) is 25.3. The lowest BCUT2D eigenvalue weighted by molar-refractivity contribution is 0.0604. The van der Waals surface area contributed by atoms with E-state index in [0.29, 0.717) is 34.9 Å². The molecule has 0 unspecified atom stereocenters. The molecule has 0 amide bonds. The summed E-state index contributed by atoms with van der Waals surface area (Å²) in [5.74, 6) is 0.277. The summed E-state index contributed by atoms with van der Waals surface area (Å²) in [6.07, 6.45) is 0.550. The lowest BCUT2D eigenvalue weighted by atomic mass is 10.1. The van der Waals surface area contributed by atoms with Crippen molar-refractivity contribution in [3.05, 3.63) is 34.3 Å². The molecule has 0 saturated heterocycles. The maximum atomic E-state index is 12.5. The van der Waals surface area contributed by atoms with Gasteiger partial charge in [-0.2, -0.15) is 5.26 Å². The van der Waals surface area contributed by atoms with Gasteiger partial charge in [-0.25, -0.2) is 9.78 Å². The van der Waals surface area contributed by atoms with Crippen molar-refractivity contribution in [3.63, 3.8) is 0 Å². The Bertz CT molecular complexity index is 1230. The van der Waals surface area contributed by atoms with Gasteiger partial charge in [-0.05, 0) is 55.6 Å². The molecule has 0 bridgehead atoms. The van der Waals surface area contributed by atoms with Crippen molar-refractivity contribution >= 4 is 47.0 Å². The van der Waals surface area contributed by atoms with Crippen LogP contribution in [0.5, 0.6) is 5.75 Å². The number of carbonyl (C=O) groups excluding carboxylic acids is 1. The molecule has 1 aromatic carbocycles. The van der Waals surface area contributed by atoms with E-state index < -0.39 is 14.3 Å². The van der Waals surface area contributed by atoms with Gasteiger partial charge < -0.3 is 13.9 Å². The Morgan fingerprint density at radius 3 is 2.50 bits per heavy atom. The summed E-state index contributed by atoms with van der Waals surface area (Å²) < 4.78 is 18.0. The minimum Gasteiger partial charge on any atom is -0.491 e. The zero-order valence-corrected chi connectivity index (χ0v) is 23.7. The van der Waals surface area contributed by atoms with E-state index in [1.54, 1.807) is 6.07 Å². The summed E-state index contributed by atoms with van der Waals surface area (Å²) in [5.41, 5.74) is 1.25. The summed E-state index contributed by atoms with van der Waals surface area (Å²) in [6, 6.07) is 7.99. The third kappa shape index (κ3) is 5.69. The van der Waals surface area contributed by atoms with Crippen LogP contribution >= 0.6 is 22.7 Å². The average Bonchev–Trinajstić information content (AvgIpc) is 3.35. The van der Waals surface area contributed by atoms with Gasteiger partial charge in [-0.3, -0.25) is 0 Å². The van der Waals surface area contributed by atoms with Crippen molar-refractivity contribution in [1.29, 1.82) is 5.26 Å². The molecule has 3 rings (SSSR count). The average molecular weight is 517 g/mol. The molecule has 0 aliphatic carbocycles. The highest BCUT2D eigenvalue weighted by atomic mass is 32.1. The quantitative estimate of drug-likeness (QED) is 0.236. The Hall–Kier alpha value is -2.25. The molecule has 0 fully saturated rings. The standard InChI is InChI=1S/C25H32N2O4S2Si/c1-15(2)31-18-11-16-13-20(32-21(16)17(12-18)14-26)23-27-19(22(33-23)24(28)29-6)9-10-30-34(7,8)25(3,4)5/h11-13,15H,9-10H2,1-8H3. The lowest BCUT2D eigenvalue weighted by Gasteiger charge is -2.36. The number of benzene rings is 1. The maximum Gasteiger partial charge on any atom is 0.349 e. The lowest BCUT2D eigenvalue weighted by Crippen LogP contribution is -2.41. The first kappa shape index (κ1) is 26.4. The summed E-state index contributed by atoms with van der Waals surface area (Å²) in [4.78, 5) is 18.7. The normalized spacial score (nSPS) is 12.2. The fourth-order valence-electron chi connectivity index (χ4n) is 3.15. The minimum absolute atomic E-state index is 0.0137. The predicted octanol–water partition coefficient (Wildman–Crippen LogP) is 7.03. The summed E-state index contributed by atoms with van der Waals surface area (Å²) >= 11 is 2.81. The molecule has 0 radical (unpaired) electrons. The molecule has 0 saturated carbocycles. The summed E-state index contributed by atoms with van der Waals surface area (Å²) in [7, 11) is -0.518. The Morgan fingerprint density at radius 2 is 1.91 bits per heavy atom. The molecule has 6 nitrogen and oxygen atoms in total. The van der Waals surface area contributed by atoms with Crippen LogP contribution in [0.1, 0.15) is 55.5 Å². The van der Waals surface area contributed by atoms with Gasteiger partial charge in [0, 0.05) is 13.0 Å². The van der Waals surface area contributed by atoms with Crippen LogP contribution in [0.15, 0.2) is 18.2 Å². The molecule has 0 spiro atoms. The minimum atomic E-state index is -1.90. The van der Waals surface area contributed by atoms with E-state index in [0.717, 1.165) is 20.0 Å². The molecule has 0 atom stereocenters. The summed E-state index contributed by atoms with van der Waals surface area (Å²) in [6.45, 7) is 15.4. The summed E-state index contributed by atoms with van der Waals surface area (Å²) in [5, 5.41) is 11.4. The second-order valence-corrected chi connectivity index (χ2v) is 16.8. The first-order valence-electron chi connectivity index (χ1n) is 11.2. The number of thiazole rings is 1. The molecule has 2 aromatic heterocycles. The van der Waals surface area contributed by atoms with Gasteiger partial charge in [0.2, 0.25) is 0 Å². The van der Waals surface area contributed by atoms with Crippen LogP contribution in [0.4, 0.5) is 0 Å². The van der Waals surface area contributed by atoms with Crippen molar-refractivity contribution in [1.82, 2.24) is 4.98 Å². The first-order chi connectivity index (χ1) is 15.9. The Kier molecular flexibility index (Phi) is 7.88. The van der Waals surface area contributed by atoms with Crippen LogP contribution in [-0.2, 0) is 15.6 Å². The van der Waals surface area contributed by atoms with E-state index in [4.69, 9.17) is 18.9 Å². The van der Waals surface area contributed by atoms with Crippen molar-refractivity contribution in [2.24, 2.45) is 0 Å². The SMILES string of the molecule is COC(=O)c1sc(-c2cc3cc(OC(C)C)cc(C#N)c3s2)nc1CCO[Si](C)(C)C(C)(C)C. The van der Waals surface area contributed by atoms with Crippen LogP contribution < -0.4 is 4.74 Å². The highest BCUT2D eigenvalue weighted by Crippen LogP contribution is 2.40. The number of thiophene rings is 1. The largest absolute Gasteiger partial charge is 0.491 e. The second-order valence-electron chi connectivity index (χ2n) is 9.92. The number of hydrogen-bond acceptors (Lipinski definition) is 8. The molecule has 0 N–H and O–H groups in total. The first-order valence-corrected chi connectivity index (χ1v) is 15.8. The predicted molar refractivity (Wildman–Crippen MR) is 142 cm³/mol. The van der Waals surface area contributed by atoms with Gasteiger partial charge in [0.05, 0.1) is 34.0 Å². The molecular formula is C25H32N2O4S2Si. The van der Waals surface area contributed by atoms with E-state index >= 15 is 0 Å². The van der Waals surface area contributed by atoms with Crippen LogP contribution in [0.2, 0.25) is 18.1 Å². The Labute approximate surface area is 210 Å². The van der Waals surface area contributed by atoms with Gasteiger partial charge in [-0.15, -0.1) is 22.7 Å². The number of rotatable bonds is 8. The van der Waals surface area contributed by atoms with Crippen LogP contribution in [0.25, 0.3) is 20.0 Å². The molecule has 34 heavy (non-hydrogen) atoms. The van der Waals surface area contributed by atoms with E-state index in [-0.39, 0.29) is 11.1 Å². The molecule has 0 aliphatic heterocycles. The molecule has 0 aliphatic rings. The number of nitriles is 1. The van der Waals surface area contributed by atoms with Gasteiger partial charge in [-0.1, -0.05) is 20.8 Å². The highest BCUT2D eigenvalue weighted by Gasteiger charge is 2.37. The van der Waals surface area contributed by atoms with Gasteiger partial charge in [0.25, 0.3) is 0 Å². The van der Waals surface area contributed by atoms with E-state index in [1.165, 1.54) is 29.8 Å². The molecule has 182 valence electrons. The number of fused-ring (bicyclic) bond motifs is 1. The number of methoxy groups -OCH3 is 1. The topological polar surface area (TPSA) is 81.4 Å². The number of hydrogen-bond donors (Lipinski definition) is 0. The monoisotopic (exact) mass is 516 g/mol.